The third-order valence-electron chi connectivity index (χ3n) is 2.42. The summed E-state index contributed by atoms with van der Waals surface area (Å²) >= 11 is 1.42. The van der Waals surface area contributed by atoms with Crippen molar-refractivity contribution in [2.45, 2.75) is 6.04 Å². The van der Waals surface area contributed by atoms with E-state index < -0.39 is 24.5 Å². The molecule has 0 saturated carbocycles. The topological polar surface area (TPSA) is 117 Å². The van der Waals surface area contributed by atoms with Gasteiger partial charge < -0.3 is 15.7 Å². The molecule has 3 N–H and O–H groups in total. The van der Waals surface area contributed by atoms with Gasteiger partial charge in [-0.2, -0.15) is 0 Å². The molecule has 1 aliphatic rings. The van der Waals surface area contributed by atoms with Crippen LogP contribution in [0.2, 0.25) is 0 Å². The number of aromatic nitrogens is 2. The highest BCUT2D eigenvalue weighted by atomic mass is 32.2. The molecule has 8 nitrogen and oxygen atoms in total. The maximum absolute atomic E-state index is 11.9. The number of hydrogen-bond acceptors (Lipinski definition) is 7. The number of hydrogen-bond donors (Lipinski definition) is 3. The van der Waals surface area contributed by atoms with Crippen LogP contribution in [0.15, 0.2) is 23.6 Å². The minimum absolute atomic E-state index is 0.0753. The Labute approximate surface area is 119 Å². The fourth-order valence-electron chi connectivity index (χ4n) is 1.45. The fourth-order valence-corrected chi connectivity index (χ4v) is 2.18. The fraction of sp³-hybridized carbons (Fsp3) is 0.364. The van der Waals surface area contributed by atoms with E-state index in [9.17, 15) is 14.7 Å². The van der Waals surface area contributed by atoms with Crippen molar-refractivity contribution in [3.05, 3.63) is 24.3 Å². The first-order chi connectivity index (χ1) is 9.70. The number of carbonyl (C=O) groups excluding carboxylic acids is 2. The third-order valence-corrected chi connectivity index (χ3v) is 3.31. The van der Waals surface area contributed by atoms with Crippen LogP contribution in [0.1, 0.15) is 10.5 Å². The van der Waals surface area contributed by atoms with Crippen molar-refractivity contribution in [1.82, 2.24) is 20.6 Å². The highest BCUT2D eigenvalue weighted by Gasteiger charge is 2.23. The second kappa shape index (κ2) is 6.96. The summed E-state index contributed by atoms with van der Waals surface area (Å²) in [6.45, 7) is 0.131. The van der Waals surface area contributed by atoms with Crippen LogP contribution >= 0.6 is 11.8 Å². The zero-order valence-electron chi connectivity index (χ0n) is 10.4. The lowest BCUT2D eigenvalue weighted by Gasteiger charge is -2.15. The number of amidine groups is 1. The number of aliphatic hydroxyl groups excluding tert-OH is 1. The summed E-state index contributed by atoms with van der Waals surface area (Å²) in [5.41, 5.74) is 0.0753. The Morgan fingerprint density at radius 1 is 1.45 bits per heavy atom. The molecule has 0 spiro atoms. The Morgan fingerprint density at radius 3 is 2.90 bits per heavy atom. The molecule has 2 amide bonds. The van der Waals surface area contributed by atoms with Gasteiger partial charge >= 0.3 is 0 Å². The van der Waals surface area contributed by atoms with Crippen LogP contribution in [0, 0.1) is 0 Å². The quantitative estimate of drug-likeness (QED) is 0.641. The van der Waals surface area contributed by atoms with Gasteiger partial charge in [0.25, 0.3) is 11.8 Å². The Kier molecular flexibility index (Phi) is 5.02. The van der Waals surface area contributed by atoms with E-state index in [1.54, 1.807) is 0 Å². The Hall–Kier alpha value is -2.00. The van der Waals surface area contributed by atoms with Gasteiger partial charge in [-0.25, -0.2) is 4.98 Å². The summed E-state index contributed by atoms with van der Waals surface area (Å²) in [5, 5.41) is 14.6. The van der Waals surface area contributed by atoms with Crippen molar-refractivity contribution in [2.24, 2.45) is 4.99 Å². The first-order valence-electron chi connectivity index (χ1n) is 5.86. The monoisotopic (exact) mass is 295 g/mol. The lowest BCUT2D eigenvalue weighted by molar-refractivity contribution is -0.122. The molecular weight excluding hydrogens is 282 g/mol. The molecular formula is C11H13N5O3S. The summed E-state index contributed by atoms with van der Waals surface area (Å²) in [4.78, 5) is 35.3. The molecule has 0 aliphatic carbocycles. The molecule has 1 unspecified atom stereocenters. The molecule has 9 heteroatoms. The largest absolute Gasteiger partial charge is 0.394 e. The number of aliphatic hydroxyl groups is 1. The Bertz CT molecular complexity index is 522. The molecule has 1 aliphatic heterocycles. The van der Waals surface area contributed by atoms with Gasteiger partial charge in [-0.15, -0.1) is 0 Å². The highest BCUT2D eigenvalue weighted by Crippen LogP contribution is 2.08. The summed E-state index contributed by atoms with van der Waals surface area (Å²) in [6, 6.07) is -1.06. The summed E-state index contributed by atoms with van der Waals surface area (Å²) in [7, 11) is 0. The van der Waals surface area contributed by atoms with E-state index in [2.05, 4.69) is 25.6 Å². The van der Waals surface area contributed by atoms with Crippen molar-refractivity contribution < 1.29 is 14.7 Å². The summed E-state index contributed by atoms with van der Waals surface area (Å²) < 4.78 is 0. The van der Waals surface area contributed by atoms with Crippen molar-refractivity contribution in [3.63, 3.8) is 0 Å². The van der Waals surface area contributed by atoms with Crippen LogP contribution in [-0.4, -0.2) is 57.0 Å². The van der Waals surface area contributed by atoms with Crippen LogP contribution in [-0.2, 0) is 4.79 Å². The molecule has 0 aromatic carbocycles. The van der Waals surface area contributed by atoms with E-state index in [4.69, 9.17) is 0 Å². The molecule has 0 radical (unpaired) electrons. The highest BCUT2D eigenvalue weighted by molar-refractivity contribution is 8.14. The molecule has 2 rings (SSSR count). The van der Waals surface area contributed by atoms with Crippen LogP contribution < -0.4 is 10.6 Å². The van der Waals surface area contributed by atoms with E-state index in [1.807, 2.05) is 0 Å². The summed E-state index contributed by atoms with van der Waals surface area (Å²) in [6.07, 6.45) is 4.08. The minimum Gasteiger partial charge on any atom is -0.394 e. The third kappa shape index (κ3) is 3.75. The van der Waals surface area contributed by atoms with Gasteiger partial charge in [-0.05, 0) is 0 Å². The number of thioether (sulfide) groups is 1. The standard InChI is InChI=1S/C11H13N5O3S/c17-6-8(10(19)16-11-14-3-4-20-11)15-9(18)7-5-12-1-2-13-7/h1-2,5,8,17H,3-4,6H2,(H,15,18)(H,14,16,19). The second-order valence-electron chi connectivity index (χ2n) is 3.82. The first-order valence-corrected chi connectivity index (χ1v) is 6.85. The maximum atomic E-state index is 11.9. The average molecular weight is 295 g/mol. The van der Waals surface area contributed by atoms with Crippen LogP contribution in [0.25, 0.3) is 0 Å². The number of nitrogens with zero attached hydrogens (tertiary/aromatic N) is 3. The van der Waals surface area contributed by atoms with Crippen LogP contribution in [0.4, 0.5) is 0 Å². The Balaban J connectivity index is 1.94. The zero-order valence-corrected chi connectivity index (χ0v) is 11.3. The van der Waals surface area contributed by atoms with Gasteiger partial charge in [-0.3, -0.25) is 19.6 Å². The van der Waals surface area contributed by atoms with Gasteiger partial charge in [-0.1, -0.05) is 11.8 Å². The molecule has 0 saturated heterocycles. The van der Waals surface area contributed by atoms with E-state index in [0.717, 1.165) is 5.75 Å². The average Bonchev–Trinajstić information content (AvgIpc) is 2.98. The first kappa shape index (κ1) is 14.4. The van der Waals surface area contributed by atoms with Crippen LogP contribution in [0.5, 0.6) is 0 Å². The number of carbonyl (C=O) groups is 2. The van der Waals surface area contributed by atoms with Crippen molar-refractivity contribution in [2.75, 3.05) is 18.9 Å². The summed E-state index contributed by atoms with van der Waals surface area (Å²) in [5.74, 6) is -0.281. The molecule has 20 heavy (non-hydrogen) atoms. The molecule has 1 aromatic heterocycles. The van der Waals surface area contributed by atoms with Gasteiger partial charge in [0.05, 0.1) is 19.3 Å². The van der Waals surface area contributed by atoms with Gasteiger partial charge in [0.2, 0.25) is 0 Å². The molecule has 1 atom stereocenters. The molecule has 1 aromatic rings. The molecule has 2 heterocycles. The zero-order chi connectivity index (χ0) is 14.4. The molecule has 0 fully saturated rings. The predicted molar refractivity (Wildman–Crippen MR) is 73.3 cm³/mol. The Morgan fingerprint density at radius 2 is 2.30 bits per heavy atom. The maximum Gasteiger partial charge on any atom is 0.272 e. The number of rotatable bonds is 4. The second-order valence-corrected chi connectivity index (χ2v) is 4.91. The number of aliphatic imine (C=N–C) groups is 1. The van der Waals surface area contributed by atoms with E-state index >= 15 is 0 Å². The lowest BCUT2D eigenvalue weighted by Crippen LogP contribution is -2.50. The van der Waals surface area contributed by atoms with Gasteiger partial charge in [0.15, 0.2) is 5.17 Å². The van der Waals surface area contributed by atoms with E-state index in [1.165, 1.54) is 30.4 Å². The number of nitrogens with one attached hydrogen (secondary N) is 2. The molecule has 106 valence electrons. The lowest BCUT2D eigenvalue weighted by atomic mass is 10.2. The van der Waals surface area contributed by atoms with Crippen molar-refractivity contribution >= 4 is 28.7 Å². The van der Waals surface area contributed by atoms with Gasteiger partial charge in [0, 0.05) is 18.1 Å². The number of amides is 2. The van der Waals surface area contributed by atoms with E-state index in [0.29, 0.717) is 11.7 Å². The smallest absolute Gasteiger partial charge is 0.272 e. The van der Waals surface area contributed by atoms with E-state index in [-0.39, 0.29) is 5.69 Å². The SMILES string of the molecule is O=C(NC(CO)C(=O)NC1=NCCS1)c1cnccn1. The van der Waals surface area contributed by atoms with Crippen molar-refractivity contribution in [3.8, 4) is 0 Å². The minimum atomic E-state index is -1.06. The molecule has 0 bridgehead atoms. The predicted octanol–water partition coefficient (Wildman–Crippen LogP) is -1.21. The normalized spacial score (nSPS) is 15.3. The van der Waals surface area contributed by atoms with Gasteiger partial charge in [0.1, 0.15) is 11.7 Å². The van der Waals surface area contributed by atoms with Crippen LogP contribution in [0.3, 0.4) is 0 Å². The van der Waals surface area contributed by atoms with Crippen molar-refractivity contribution in [1.29, 1.82) is 0 Å².